The van der Waals surface area contributed by atoms with Crippen molar-refractivity contribution >= 4 is 23.5 Å². The number of rotatable bonds is 8. The van der Waals surface area contributed by atoms with E-state index in [1.807, 2.05) is 0 Å². The Hall–Kier alpha value is -2.36. The number of nitrogens with zero attached hydrogens (tertiary/aromatic N) is 2. The summed E-state index contributed by atoms with van der Waals surface area (Å²) in [5.74, 6) is -0.617. The monoisotopic (exact) mass is 422 g/mol. The summed E-state index contributed by atoms with van der Waals surface area (Å²) < 4.78 is 25.9. The molecule has 1 aromatic heterocycles. The lowest BCUT2D eigenvalue weighted by Crippen LogP contribution is -2.33. The maximum atomic E-state index is 14.4. The van der Waals surface area contributed by atoms with Gasteiger partial charge < -0.3 is 19.5 Å². The summed E-state index contributed by atoms with van der Waals surface area (Å²) in [5, 5.41) is 9.11. The first-order valence-electron chi connectivity index (χ1n) is 9.10. The molecule has 1 aliphatic heterocycles. The van der Waals surface area contributed by atoms with Gasteiger partial charge in [-0.15, -0.1) is 0 Å². The second-order valence-corrected chi connectivity index (χ2v) is 7.95. The summed E-state index contributed by atoms with van der Waals surface area (Å²) in [5.41, 5.74) is 0.291. The maximum Gasteiger partial charge on any atom is 0.284 e. The number of hydrogen-bond acceptors (Lipinski definition) is 6. The Kier molecular flexibility index (Phi) is 6.94. The number of carbonyl (C=O) groups is 1. The molecule has 156 valence electrons. The predicted molar refractivity (Wildman–Crippen MR) is 109 cm³/mol. The minimum Gasteiger partial charge on any atom is -0.497 e. The summed E-state index contributed by atoms with van der Waals surface area (Å²) in [6.45, 7) is 0.337. The van der Waals surface area contributed by atoms with Crippen LogP contribution in [0.2, 0.25) is 0 Å². The zero-order chi connectivity index (χ0) is 21.0. The Labute approximate surface area is 172 Å². The quantitative estimate of drug-likeness (QED) is 0.701. The molecule has 2 atom stereocenters. The number of hydrogen-bond donors (Lipinski definition) is 1. The van der Waals surface area contributed by atoms with Crippen molar-refractivity contribution in [2.24, 2.45) is 0 Å². The highest BCUT2D eigenvalue weighted by molar-refractivity contribution is 7.98. The van der Waals surface area contributed by atoms with Crippen LogP contribution in [0, 0.1) is 5.82 Å². The van der Waals surface area contributed by atoms with E-state index in [1.165, 1.54) is 29.2 Å². The van der Waals surface area contributed by atoms with Gasteiger partial charge in [0.05, 0.1) is 25.6 Å². The number of ether oxygens (including phenoxy) is 2. The summed E-state index contributed by atoms with van der Waals surface area (Å²) >= 11 is 1.14. The zero-order valence-electron chi connectivity index (χ0n) is 16.2. The van der Waals surface area contributed by atoms with E-state index in [4.69, 9.17) is 9.47 Å². The van der Waals surface area contributed by atoms with Crippen LogP contribution >= 0.6 is 11.9 Å². The predicted octanol–water partition coefficient (Wildman–Crippen LogP) is 2.02. The molecule has 1 aromatic carbocycles. The average Bonchev–Trinajstić information content (AvgIpc) is 3.09. The van der Waals surface area contributed by atoms with Crippen molar-refractivity contribution in [1.29, 1.82) is 0 Å². The first kappa shape index (κ1) is 21.4. The molecular weight excluding hydrogens is 399 g/mol. The Morgan fingerprint density at radius 3 is 2.76 bits per heavy atom. The average molecular weight is 422 g/mol. The third-order valence-electron chi connectivity index (χ3n) is 4.78. The van der Waals surface area contributed by atoms with Gasteiger partial charge in [0.1, 0.15) is 17.3 Å². The Bertz CT molecular complexity index is 935. The zero-order valence-corrected chi connectivity index (χ0v) is 17.0. The molecule has 0 aliphatic carbocycles. The van der Waals surface area contributed by atoms with Crippen molar-refractivity contribution < 1.29 is 23.8 Å². The number of anilines is 1. The van der Waals surface area contributed by atoms with E-state index in [0.717, 1.165) is 11.9 Å². The van der Waals surface area contributed by atoms with Crippen LogP contribution in [-0.4, -0.2) is 54.2 Å². The number of methoxy groups -OCH3 is 2. The molecule has 9 heteroatoms. The normalized spacial score (nSPS) is 17.6. The highest BCUT2D eigenvalue weighted by Crippen LogP contribution is 2.33. The molecule has 0 spiro atoms. The Balaban J connectivity index is 1.83. The lowest BCUT2D eigenvalue weighted by Gasteiger charge is -2.19. The van der Waals surface area contributed by atoms with Crippen LogP contribution in [0.1, 0.15) is 17.9 Å². The van der Waals surface area contributed by atoms with Gasteiger partial charge in [-0.05, 0) is 35.7 Å². The van der Waals surface area contributed by atoms with Gasteiger partial charge in [-0.2, -0.15) is 0 Å². The fourth-order valence-corrected chi connectivity index (χ4v) is 4.24. The van der Waals surface area contributed by atoms with Crippen molar-refractivity contribution in [2.75, 3.05) is 38.9 Å². The molecule has 7 nitrogen and oxygen atoms in total. The molecule has 29 heavy (non-hydrogen) atoms. The highest BCUT2D eigenvalue weighted by atomic mass is 32.2. The van der Waals surface area contributed by atoms with E-state index < -0.39 is 5.82 Å². The van der Waals surface area contributed by atoms with E-state index >= 15 is 0 Å². The van der Waals surface area contributed by atoms with Gasteiger partial charge in [0.2, 0.25) is 5.91 Å². The van der Waals surface area contributed by atoms with Gasteiger partial charge in [-0.25, -0.2) is 4.39 Å². The smallest absolute Gasteiger partial charge is 0.284 e. The van der Waals surface area contributed by atoms with Crippen LogP contribution in [0.25, 0.3) is 0 Å². The van der Waals surface area contributed by atoms with E-state index in [2.05, 4.69) is 0 Å². The molecule has 0 bridgehead atoms. The van der Waals surface area contributed by atoms with Gasteiger partial charge in [0.25, 0.3) is 5.56 Å². The van der Waals surface area contributed by atoms with Crippen LogP contribution in [0.3, 0.4) is 0 Å². The highest BCUT2D eigenvalue weighted by Gasteiger charge is 2.34. The van der Waals surface area contributed by atoms with Crippen LogP contribution in [0.15, 0.2) is 41.3 Å². The SMILES string of the molecule is COCC(CO)Sn1cccc(N2CC(c3ccc(OC)cc3F)CC2=O)c1=O. The summed E-state index contributed by atoms with van der Waals surface area (Å²) in [6.07, 6.45) is 1.70. The van der Waals surface area contributed by atoms with Gasteiger partial charge in [0, 0.05) is 38.3 Å². The number of benzene rings is 1. The van der Waals surface area contributed by atoms with Gasteiger partial charge in [0.15, 0.2) is 0 Å². The lowest BCUT2D eigenvalue weighted by molar-refractivity contribution is -0.117. The van der Waals surface area contributed by atoms with Crippen molar-refractivity contribution in [3.05, 3.63) is 58.3 Å². The van der Waals surface area contributed by atoms with Gasteiger partial charge in [-0.1, -0.05) is 6.07 Å². The van der Waals surface area contributed by atoms with E-state index in [0.29, 0.717) is 11.3 Å². The fourth-order valence-electron chi connectivity index (χ4n) is 3.33. The van der Waals surface area contributed by atoms with E-state index in [1.54, 1.807) is 30.5 Å². The summed E-state index contributed by atoms with van der Waals surface area (Å²) in [7, 11) is 2.98. The molecule has 2 heterocycles. The van der Waals surface area contributed by atoms with Gasteiger partial charge in [-0.3, -0.25) is 13.6 Å². The maximum absolute atomic E-state index is 14.4. The van der Waals surface area contributed by atoms with Crippen LogP contribution in [0.5, 0.6) is 5.75 Å². The van der Waals surface area contributed by atoms with Crippen molar-refractivity contribution in [2.45, 2.75) is 17.6 Å². The molecule has 0 saturated carbocycles. The number of amides is 1. The number of halogens is 1. The van der Waals surface area contributed by atoms with Crippen LogP contribution in [0.4, 0.5) is 10.1 Å². The molecule has 1 aliphatic rings. The van der Waals surface area contributed by atoms with Crippen LogP contribution in [-0.2, 0) is 9.53 Å². The van der Waals surface area contributed by atoms with Crippen molar-refractivity contribution in [3.8, 4) is 5.75 Å². The minimum absolute atomic E-state index is 0.119. The van der Waals surface area contributed by atoms with Crippen molar-refractivity contribution in [1.82, 2.24) is 3.97 Å². The third-order valence-corrected chi connectivity index (χ3v) is 5.87. The second kappa shape index (κ2) is 9.43. The first-order valence-corrected chi connectivity index (χ1v) is 9.94. The molecule has 1 saturated heterocycles. The van der Waals surface area contributed by atoms with E-state index in [-0.39, 0.29) is 54.5 Å². The third kappa shape index (κ3) is 4.63. The van der Waals surface area contributed by atoms with Gasteiger partial charge >= 0.3 is 0 Å². The molecule has 1 N–H and O–H groups in total. The largest absolute Gasteiger partial charge is 0.497 e. The molecular formula is C20H23FN2O5S. The molecule has 1 amide bonds. The molecule has 1 fully saturated rings. The number of aliphatic hydroxyl groups is 1. The first-order chi connectivity index (χ1) is 14.0. The van der Waals surface area contributed by atoms with E-state index in [9.17, 15) is 19.1 Å². The topological polar surface area (TPSA) is 81.0 Å². The fraction of sp³-hybridized carbons (Fsp3) is 0.400. The standard InChI is InChI=1S/C20H23FN2O5S/c1-27-12-15(11-24)29-23-7-3-4-18(20(23)26)22-10-13(8-19(22)25)16-6-5-14(28-2)9-17(16)21/h3-7,9,13,15,24H,8,10-12H2,1-2H3. The van der Waals surface area contributed by atoms with Crippen LogP contribution < -0.4 is 15.2 Å². The second-order valence-electron chi connectivity index (χ2n) is 6.68. The number of aromatic nitrogens is 1. The van der Waals surface area contributed by atoms with Crippen molar-refractivity contribution in [3.63, 3.8) is 0 Å². The Morgan fingerprint density at radius 2 is 2.10 bits per heavy atom. The lowest BCUT2D eigenvalue weighted by atomic mass is 9.97. The minimum atomic E-state index is -0.435. The molecule has 3 rings (SSSR count). The number of pyridine rings is 1. The summed E-state index contributed by atoms with van der Waals surface area (Å²) in [4.78, 5) is 26.9. The summed E-state index contributed by atoms with van der Waals surface area (Å²) in [6, 6.07) is 7.81. The Morgan fingerprint density at radius 1 is 1.31 bits per heavy atom. The molecule has 2 aromatic rings. The number of carbonyl (C=O) groups excluding carboxylic acids is 1. The molecule has 2 unspecified atom stereocenters. The number of aliphatic hydroxyl groups excluding tert-OH is 1. The molecule has 0 radical (unpaired) electrons.